The summed E-state index contributed by atoms with van der Waals surface area (Å²) in [5.74, 6) is 0. The molecule has 0 unspecified atom stereocenters. The Morgan fingerprint density at radius 3 is 1.56 bits per heavy atom. The van der Waals surface area contributed by atoms with Crippen molar-refractivity contribution in [3.05, 3.63) is 6.92 Å². The molecule has 0 aliphatic carbocycles. The smallest absolute Gasteiger partial charge is 0.439 e. The van der Waals surface area contributed by atoms with Gasteiger partial charge in [-0.2, -0.15) is 0 Å². The van der Waals surface area contributed by atoms with Gasteiger partial charge in [-0.3, -0.25) is 0 Å². The van der Waals surface area contributed by atoms with Gasteiger partial charge in [-0.15, -0.1) is 0 Å². The molecule has 1 N–H and O–H groups in total. The van der Waals surface area contributed by atoms with E-state index in [-0.39, 0.29) is 18.9 Å². The third-order valence-corrected chi connectivity index (χ3v) is 2.10. The van der Waals surface area contributed by atoms with Crippen LogP contribution in [0.5, 0.6) is 0 Å². The Kier molecular flexibility index (Phi) is 28.4. The zero-order valence-corrected chi connectivity index (χ0v) is 11.6. The molecular weight excluding hydrogens is 219 g/mol. The summed E-state index contributed by atoms with van der Waals surface area (Å²) in [5, 5.41) is 0. The first kappa shape index (κ1) is 21.8. The molecule has 0 bridgehead atoms. The molecular formula is C11H24LiO3S. The first-order valence-electron chi connectivity index (χ1n) is 5.72. The van der Waals surface area contributed by atoms with Gasteiger partial charge in [0.2, 0.25) is 0 Å². The van der Waals surface area contributed by atoms with Gasteiger partial charge in [0.15, 0.2) is 0 Å². The van der Waals surface area contributed by atoms with Crippen LogP contribution in [0.4, 0.5) is 0 Å². The molecule has 0 saturated carbocycles. The molecule has 0 aromatic rings. The maximum Gasteiger partial charge on any atom is 1.00 e. The fourth-order valence-corrected chi connectivity index (χ4v) is 1.31. The van der Waals surface area contributed by atoms with Crippen LogP contribution < -0.4 is 18.9 Å². The molecule has 1 radical (unpaired) electrons. The van der Waals surface area contributed by atoms with Crippen LogP contribution in [0, 0.1) is 6.92 Å². The van der Waals surface area contributed by atoms with Crippen molar-refractivity contribution in [2.45, 2.75) is 64.7 Å². The molecule has 0 aromatic carbocycles. The van der Waals surface area contributed by atoms with E-state index in [4.69, 9.17) is 13.0 Å². The normalized spacial score (nSPS) is 9.25. The van der Waals surface area contributed by atoms with Crippen LogP contribution in [0.2, 0.25) is 0 Å². The van der Waals surface area contributed by atoms with Crippen LogP contribution in [0.3, 0.4) is 0 Å². The minimum absolute atomic E-state index is 0. The summed E-state index contributed by atoms with van der Waals surface area (Å²) in [6.07, 6.45) is 12.4. The molecule has 5 heteroatoms. The van der Waals surface area contributed by atoms with Gasteiger partial charge in [0.25, 0.3) is 0 Å². The van der Waals surface area contributed by atoms with E-state index in [2.05, 4.69) is 13.8 Å². The summed E-state index contributed by atoms with van der Waals surface area (Å²) in [4.78, 5) is 0. The summed E-state index contributed by atoms with van der Waals surface area (Å²) in [7, 11) is -2.86. The van der Waals surface area contributed by atoms with E-state index in [1.54, 1.807) is 0 Å². The van der Waals surface area contributed by atoms with Crippen LogP contribution >= 0.6 is 0 Å². The second-order valence-electron chi connectivity index (χ2n) is 3.55. The van der Waals surface area contributed by atoms with Crippen molar-refractivity contribution in [2.24, 2.45) is 0 Å². The van der Waals surface area contributed by atoms with Gasteiger partial charge < -0.3 is 13.0 Å². The topological polar surface area (TPSA) is 54.4 Å². The fraction of sp³-hybridized carbons (Fsp3) is 0.909. The van der Waals surface area contributed by atoms with Crippen molar-refractivity contribution in [1.29, 1.82) is 0 Å². The third-order valence-electron chi connectivity index (χ3n) is 2.10. The molecule has 0 amide bonds. The number of hydrogen-bond acceptors (Lipinski definition) is 3. The summed E-state index contributed by atoms with van der Waals surface area (Å²) in [6.45, 7) is 6.10. The number of unbranched alkanes of at least 4 members (excludes halogenated alkanes) is 8. The monoisotopic (exact) mass is 243 g/mol. The molecule has 0 aliphatic heterocycles. The van der Waals surface area contributed by atoms with E-state index < -0.39 is 11.0 Å². The first-order chi connectivity index (χ1) is 7.15. The van der Waals surface area contributed by atoms with E-state index in [0.717, 1.165) is 6.42 Å². The Bertz CT molecular complexity index is 157. The predicted molar refractivity (Wildman–Crippen MR) is 64.0 cm³/mol. The third kappa shape index (κ3) is 36.6. The van der Waals surface area contributed by atoms with Crippen LogP contribution in [-0.4, -0.2) is 4.55 Å². The van der Waals surface area contributed by atoms with Crippen LogP contribution in [-0.2, 0) is 19.4 Å². The SMILES string of the molecule is O=[S-](=O)O.[CH2]CCCCCCCCCC.[Li+]. The Hall–Kier alpha value is 0.507. The molecule has 0 atom stereocenters. The minimum atomic E-state index is -2.86. The Balaban J connectivity index is -0.000000292. The minimum Gasteiger partial charge on any atom is -0.439 e. The van der Waals surface area contributed by atoms with Crippen molar-refractivity contribution < 1.29 is 31.8 Å². The number of rotatable bonds is 8. The second kappa shape index (κ2) is 20.9. The van der Waals surface area contributed by atoms with E-state index in [0.29, 0.717) is 0 Å². The maximum absolute atomic E-state index is 8.56. The summed E-state index contributed by atoms with van der Waals surface area (Å²) in [6, 6.07) is 0. The average Bonchev–Trinajstić information content (AvgIpc) is 2.16. The van der Waals surface area contributed by atoms with Crippen LogP contribution in [0.1, 0.15) is 64.7 Å². The van der Waals surface area contributed by atoms with E-state index in [1.165, 1.54) is 51.4 Å². The van der Waals surface area contributed by atoms with Gasteiger partial charge >= 0.3 is 18.9 Å². The molecule has 0 aromatic heterocycles. The van der Waals surface area contributed by atoms with Gasteiger partial charge in [-0.25, -0.2) is 0 Å². The summed E-state index contributed by atoms with van der Waals surface area (Å²) in [5.41, 5.74) is 0. The van der Waals surface area contributed by atoms with E-state index in [1.807, 2.05) is 0 Å². The largest absolute Gasteiger partial charge is 1.00 e. The van der Waals surface area contributed by atoms with Crippen molar-refractivity contribution in [3.8, 4) is 0 Å². The second-order valence-corrected chi connectivity index (χ2v) is 3.98. The van der Waals surface area contributed by atoms with E-state index in [9.17, 15) is 0 Å². The van der Waals surface area contributed by atoms with Crippen LogP contribution in [0.15, 0.2) is 0 Å². The number of hydrogen-bond donors (Lipinski definition) is 1. The first-order valence-corrected chi connectivity index (χ1v) is 6.75. The molecule has 93 valence electrons. The molecule has 0 spiro atoms. The fourth-order valence-electron chi connectivity index (χ4n) is 1.31. The molecule has 0 heterocycles. The summed E-state index contributed by atoms with van der Waals surface area (Å²) >= 11 is 0. The molecule has 16 heavy (non-hydrogen) atoms. The molecule has 0 rings (SSSR count). The molecule has 0 saturated heterocycles. The zero-order chi connectivity index (χ0) is 11.9. The van der Waals surface area contributed by atoms with Gasteiger partial charge in [0, 0.05) is 11.0 Å². The summed E-state index contributed by atoms with van der Waals surface area (Å²) < 4.78 is 24.1. The van der Waals surface area contributed by atoms with Crippen molar-refractivity contribution in [1.82, 2.24) is 0 Å². The van der Waals surface area contributed by atoms with Crippen molar-refractivity contribution >= 4 is 11.0 Å². The standard InChI is InChI=1S/C11H23.Li.HO3S/c1-3-5-7-9-11-10-8-6-4-2;;1-4(2)3/h1,3-11H2,2H3;;(H,1,2,3)/q;+1;-1. The maximum atomic E-state index is 8.56. The van der Waals surface area contributed by atoms with Crippen molar-refractivity contribution in [2.75, 3.05) is 0 Å². The average molecular weight is 243 g/mol. The molecule has 0 fully saturated rings. The van der Waals surface area contributed by atoms with E-state index >= 15 is 0 Å². The van der Waals surface area contributed by atoms with Crippen LogP contribution in [0.25, 0.3) is 0 Å². The van der Waals surface area contributed by atoms with Gasteiger partial charge in [-0.1, -0.05) is 71.6 Å². The van der Waals surface area contributed by atoms with Gasteiger partial charge in [0.05, 0.1) is 0 Å². The molecule has 3 nitrogen and oxygen atoms in total. The molecule has 0 aliphatic rings. The Labute approximate surface area is 114 Å². The van der Waals surface area contributed by atoms with Gasteiger partial charge in [-0.05, 0) is 0 Å². The quantitative estimate of drug-likeness (QED) is 0.228. The Morgan fingerprint density at radius 1 is 0.938 bits per heavy atom. The van der Waals surface area contributed by atoms with Crippen molar-refractivity contribution in [3.63, 3.8) is 0 Å². The zero-order valence-electron chi connectivity index (χ0n) is 10.7. The Morgan fingerprint density at radius 2 is 1.25 bits per heavy atom. The van der Waals surface area contributed by atoms with Gasteiger partial charge in [0.1, 0.15) is 0 Å². The predicted octanol–water partition coefficient (Wildman–Crippen LogP) is 1.12.